The van der Waals surface area contributed by atoms with Crippen LogP contribution in [0.3, 0.4) is 0 Å². The molecule has 0 aliphatic rings. The maximum Gasteiger partial charge on any atom is 0.224 e. The molecule has 0 aliphatic heterocycles. The molecule has 3 aromatic rings. The number of aliphatic imine (C=N–C) groups is 1. The van der Waals surface area contributed by atoms with E-state index in [-0.39, 0.29) is 18.3 Å². The van der Waals surface area contributed by atoms with E-state index in [1.54, 1.807) is 31.5 Å². The van der Waals surface area contributed by atoms with Gasteiger partial charge in [-0.25, -0.2) is 14.4 Å². The maximum absolute atomic E-state index is 13.3. The molecule has 0 spiro atoms. The molecule has 6 nitrogen and oxygen atoms in total. The third-order valence-corrected chi connectivity index (χ3v) is 3.62. The predicted molar refractivity (Wildman–Crippen MR) is 103 cm³/mol. The number of methoxy groups -OCH3 is 1. The molecule has 1 heterocycles. The van der Waals surface area contributed by atoms with E-state index >= 15 is 0 Å². The standard InChI is InChI=1S/C20H19FN4O2/c1-26-17-8-3-7-16(12-17)25-20(22)24-13-14-5-4-10-23-19(14)27-18-9-2-6-15(21)11-18/h2-12H,13H2,1H3,(H3,22,24,25). The first-order chi connectivity index (χ1) is 13.1. The predicted octanol–water partition coefficient (Wildman–Crippen LogP) is 3.95. The van der Waals surface area contributed by atoms with Crippen LogP contribution in [0.5, 0.6) is 17.4 Å². The minimum Gasteiger partial charge on any atom is -0.497 e. The largest absolute Gasteiger partial charge is 0.497 e. The molecule has 138 valence electrons. The van der Waals surface area contributed by atoms with E-state index in [4.69, 9.17) is 15.2 Å². The van der Waals surface area contributed by atoms with E-state index in [1.165, 1.54) is 12.1 Å². The van der Waals surface area contributed by atoms with Crippen LogP contribution in [-0.4, -0.2) is 18.1 Å². The van der Waals surface area contributed by atoms with Gasteiger partial charge in [-0.05, 0) is 30.3 Å². The lowest BCUT2D eigenvalue weighted by atomic mass is 10.2. The molecule has 0 saturated heterocycles. The van der Waals surface area contributed by atoms with E-state index in [9.17, 15) is 4.39 Å². The van der Waals surface area contributed by atoms with Gasteiger partial charge in [-0.15, -0.1) is 0 Å². The molecule has 0 unspecified atom stereocenters. The van der Waals surface area contributed by atoms with Crippen molar-refractivity contribution in [2.75, 3.05) is 12.4 Å². The Hall–Kier alpha value is -3.61. The summed E-state index contributed by atoms with van der Waals surface area (Å²) >= 11 is 0. The number of ether oxygens (including phenoxy) is 2. The van der Waals surface area contributed by atoms with Gasteiger partial charge in [0, 0.05) is 29.6 Å². The zero-order chi connectivity index (χ0) is 19.1. The number of rotatable bonds is 6. The Bertz CT molecular complexity index is 947. The zero-order valence-corrected chi connectivity index (χ0v) is 14.7. The highest BCUT2D eigenvalue weighted by atomic mass is 19.1. The van der Waals surface area contributed by atoms with Crippen LogP contribution in [0.25, 0.3) is 0 Å². The fourth-order valence-corrected chi connectivity index (χ4v) is 2.34. The van der Waals surface area contributed by atoms with Gasteiger partial charge < -0.3 is 20.5 Å². The van der Waals surface area contributed by atoms with E-state index in [0.717, 1.165) is 11.3 Å². The van der Waals surface area contributed by atoms with Gasteiger partial charge in [-0.1, -0.05) is 18.2 Å². The fraction of sp³-hybridized carbons (Fsp3) is 0.100. The van der Waals surface area contributed by atoms with Crippen molar-refractivity contribution in [1.82, 2.24) is 4.98 Å². The first-order valence-corrected chi connectivity index (χ1v) is 8.22. The highest BCUT2D eigenvalue weighted by molar-refractivity contribution is 5.92. The first kappa shape index (κ1) is 18.2. The van der Waals surface area contributed by atoms with Gasteiger partial charge in [0.2, 0.25) is 5.88 Å². The summed E-state index contributed by atoms with van der Waals surface area (Å²) in [7, 11) is 1.60. The van der Waals surface area contributed by atoms with Crippen molar-refractivity contribution in [1.29, 1.82) is 0 Å². The van der Waals surface area contributed by atoms with Gasteiger partial charge in [0.1, 0.15) is 17.3 Å². The normalized spacial score (nSPS) is 11.1. The number of aromatic nitrogens is 1. The molecule has 1 aromatic heterocycles. The summed E-state index contributed by atoms with van der Waals surface area (Å²) in [5.41, 5.74) is 7.44. The number of nitrogens with one attached hydrogen (secondary N) is 1. The molecule has 0 bridgehead atoms. The molecule has 27 heavy (non-hydrogen) atoms. The average molecular weight is 366 g/mol. The summed E-state index contributed by atoms with van der Waals surface area (Å²) in [6, 6.07) is 16.8. The summed E-state index contributed by atoms with van der Waals surface area (Å²) in [4.78, 5) is 8.51. The Morgan fingerprint density at radius 1 is 1.11 bits per heavy atom. The van der Waals surface area contributed by atoms with Crippen molar-refractivity contribution in [2.45, 2.75) is 6.54 Å². The van der Waals surface area contributed by atoms with Crippen LogP contribution in [0.1, 0.15) is 5.56 Å². The van der Waals surface area contributed by atoms with E-state index < -0.39 is 0 Å². The van der Waals surface area contributed by atoms with E-state index in [2.05, 4.69) is 15.3 Å². The van der Waals surface area contributed by atoms with Crippen LogP contribution in [-0.2, 0) is 6.54 Å². The Morgan fingerprint density at radius 2 is 1.93 bits per heavy atom. The molecule has 0 atom stereocenters. The number of nitrogens with two attached hydrogens (primary N) is 1. The molecule has 0 radical (unpaired) electrons. The molecule has 0 aliphatic carbocycles. The molecule has 0 amide bonds. The van der Waals surface area contributed by atoms with E-state index in [0.29, 0.717) is 17.4 Å². The van der Waals surface area contributed by atoms with Crippen molar-refractivity contribution < 1.29 is 13.9 Å². The van der Waals surface area contributed by atoms with Crippen molar-refractivity contribution in [2.24, 2.45) is 10.7 Å². The van der Waals surface area contributed by atoms with Gasteiger partial charge in [0.15, 0.2) is 5.96 Å². The summed E-state index contributed by atoms with van der Waals surface area (Å²) in [6.07, 6.45) is 1.60. The van der Waals surface area contributed by atoms with Crippen molar-refractivity contribution in [3.63, 3.8) is 0 Å². The molecule has 2 aromatic carbocycles. The Kier molecular flexibility index (Phi) is 5.84. The van der Waals surface area contributed by atoms with Gasteiger partial charge in [0.05, 0.1) is 13.7 Å². The van der Waals surface area contributed by atoms with Crippen molar-refractivity contribution in [3.8, 4) is 17.4 Å². The number of halogens is 1. The second-order valence-corrected chi connectivity index (χ2v) is 5.59. The lowest BCUT2D eigenvalue weighted by Crippen LogP contribution is -2.22. The monoisotopic (exact) mass is 366 g/mol. The zero-order valence-electron chi connectivity index (χ0n) is 14.7. The van der Waals surface area contributed by atoms with Gasteiger partial charge in [0.25, 0.3) is 0 Å². The molecule has 0 fully saturated rings. The fourth-order valence-electron chi connectivity index (χ4n) is 2.34. The van der Waals surface area contributed by atoms with E-state index in [1.807, 2.05) is 30.3 Å². The number of pyridine rings is 1. The van der Waals surface area contributed by atoms with Crippen LogP contribution >= 0.6 is 0 Å². The quantitative estimate of drug-likeness (QED) is 0.510. The smallest absolute Gasteiger partial charge is 0.224 e. The summed E-state index contributed by atoms with van der Waals surface area (Å²) in [5.74, 6) is 1.28. The molecule has 3 N–H and O–H groups in total. The number of nitrogens with zero attached hydrogens (tertiary/aromatic N) is 2. The van der Waals surface area contributed by atoms with Crippen LogP contribution in [0.15, 0.2) is 71.9 Å². The minimum atomic E-state index is -0.380. The van der Waals surface area contributed by atoms with Gasteiger partial charge in [-0.3, -0.25) is 0 Å². The lowest BCUT2D eigenvalue weighted by molar-refractivity contribution is 0.415. The van der Waals surface area contributed by atoms with Crippen LogP contribution in [0, 0.1) is 5.82 Å². The molecule has 0 saturated carbocycles. The topological polar surface area (TPSA) is 81.8 Å². The van der Waals surface area contributed by atoms with Crippen LogP contribution in [0.4, 0.5) is 10.1 Å². The van der Waals surface area contributed by atoms with Crippen molar-refractivity contribution in [3.05, 3.63) is 78.2 Å². The third-order valence-electron chi connectivity index (χ3n) is 3.62. The number of guanidine groups is 1. The summed E-state index contributed by atoms with van der Waals surface area (Å²) in [5, 5.41) is 3.00. The highest BCUT2D eigenvalue weighted by Crippen LogP contribution is 2.24. The maximum atomic E-state index is 13.3. The number of hydrogen-bond acceptors (Lipinski definition) is 4. The first-order valence-electron chi connectivity index (χ1n) is 8.22. The van der Waals surface area contributed by atoms with Crippen molar-refractivity contribution >= 4 is 11.6 Å². The molecule has 7 heteroatoms. The van der Waals surface area contributed by atoms with Crippen LogP contribution < -0.4 is 20.5 Å². The summed E-state index contributed by atoms with van der Waals surface area (Å²) in [6.45, 7) is 0.251. The lowest BCUT2D eigenvalue weighted by Gasteiger charge is -2.10. The SMILES string of the molecule is COc1cccc(NC(N)=NCc2cccnc2Oc2cccc(F)c2)c1. The third kappa shape index (κ3) is 5.18. The Labute approximate surface area is 156 Å². The number of hydrogen-bond donors (Lipinski definition) is 2. The Balaban J connectivity index is 1.70. The number of benzene rings is 2. The Morgan fingerprint density at radius 3 is 2.74 bits per heavy atom. The second-order valence-electron chi connectivity index (χ2n) is 5.59. The molecular weight excluding hydrogens is 347 g/mol. The number of anilines is 1. The minimum absolute atomic E-state index is 0.240. The highest BCUT2D eigenvalue weighted by Gasteiger charge is 2.07. The van der Waals surface area contributed by atoms with Gasteiger partial charge in [-0.2, -0.15) is 0 Å². The second kappa shape index (κ2) is 8.66. The average Bonchev–Trinajstić information content (AvgIpc) is 2.67. The molecule has 3 rings (SSSR count). The van der Waals surface area contributed by atoms with Gasteiger partial charge >= 0.3 is 0 Å². The summed E-state index contributed by atoms with van der Waals surface area (Å²) < 4.78 is 24.2. The van der Waals surface area contributed by atoms with Crippen LogP contribution in [0.2, 0.25) is 0 Å². The molecular formula is C20H19FN4O2.